The maximum absolute atomic E-state index is 12.1. The summed E-state index contributed by atoms with van der Waals surface area (Å²) in [5.41, 5.74) is 1.24. The van der Waals surface area contributed by atoms with E-state index in [2.05, 4.69) is 25.9 Å². The van der Waals surface area contributed by atoms with Crippen molar-refractivity contribution in [3.05, 3.63) is 72.3 Å². The first-order valence-corrected chi connectivity index (χ1v) is 7.68. The molecule has 2 amide bonds. The van der Waals surface area contributed by atoms with Crippen molar-refractivity contribution in [2.45, 2.75) is 6.54 Å². The van der Waals surface area contributed by atoms with Gasteiger partial charge in [0.05, 0.1) is 12.7 Å². The quantitative estimate of drug-likeness (QED) is 0.707. The van der Waals surface area contributed by atoms with Gasteiger partial charge in [-0.15, -0.1) is 5.10 Å². The van der Waals surface area contributed by atoms with Crippen LogP contribution in [0.4, 0.5) is 5.69 Å². The summed E-state index contributed by atoms with van der Waals surface area (Å²) in [6, 6.07) is 14.2. The van der Waals surface area contributed by atoms with Crippen molar-refractivity contribution in [2.24, 2.45) is 0 Å². The lowest BCUT2D eigenvalue weighted by Crippen LogP contribution is -2.28. The van der Waals surface area contributed by atoms with E-state index in [1.54, 1.807) is 36.5 Å². The van der Waals surface area contributed by atoms with Crippen LogP contribution in [-0.2, 0) is 6.54 Å². The highest BCUT2D eigenvalue weighted by molar-refractivity contribution is 6.02. The Hall–Kier alpha value is -3.55. The Balaban J connectivity index is 1.50. The van der Waals surface area contributed by atoms with Gasteiger partial charge in [0.25, 0.3) is 11.8 Å². The number of benzene rings is 1. The van der Waals surface area contributed by atoms with Gasteiger partial charge in [-0.1, -0.05) is 29.5 Å². The first kappa shape index (κ1) is 16.3. The minimum atomic E-state index is -0.338. The van der Waals surface area contributed by atoms with E-state index in [0.717, 1.165) is 0 Å². The van der Waals surface area contributed by atoms with Crippen LogP contribution < -0.4 is 10.6 Å². The Bertz CT molecular complexity index is 848. The van der Waals surface area contributed by atoms with Crippen LogP contribution in [-0.4, -0.2) is 38.3 Å². The fourth-order valence-electron chi connectivity index (χ4n) is 2.10. The van der Waals surface area contributed by atoms with Gasteiger partial charge < -0.3 is 10.6 Å². The summed E-state index contributed by atoms with van der Waals surface area (Å²) in [6.45, 7) is 0.739. The van der Waals surface area contributed by atoms with E-state index < -0.39 is 0 Å². The fraction of sp³-hybridized carbons (Fsp3) is 0.118. The monoisotopic (exact) mass is 336 g/mol. The number of carbonyl (C=O) groups is 2. The van der Waals surface area contributed by atoms with Gasteiger partial charge in [-0.05, 0) is 24.3 Å². The van der Waals surface area contributed by atoms with Crippen molar-refractivity contribution in [3.8, 4) is 0 Å². The van der Waals surface area contributed by atoms with Gasteiger partial charge in [-0.3, -0.25) is 14.6 Å². The van der Waals surface area contributed by atoms with Crippen LogP contribution in [0.5, 0.6) is 0 Å². The highest BCUT2D eigenvalue weighted by atomic mass is 16.2. The smallest absolute Gasteiger partial charge is 0.277 e. The van der Waals surface area contributed by atoms with Crippen LogP contribution in [0.15, 0.2) is 60.9 Å². The molecule has 0 fully saturated rings. The molecule has 2 N–H and O–H groups in total. The Labute approximate surface area is 143 Å². The largest absolute Gasteiger partial charge is 0.349 e. The molecule has 0 radical (unpaired) electrons. The van der Waals surface area contributed by atoms with Gasteiger partial charge in [-0.25, -0.2) is 4.68 Å². The van der Waals surface area contributed by atoms with E-state index in [-0.39, 0.29) is 17.5 Å². The maximum atomic E-state index is 12.1. The number of aromatic nitrogens is 4. The minimum Gasteiger partial charge on any atom is -0.349 e. The molecule has 2 aromatic heterocycles. The summed E-state index contributed by atoms with van der Waals surface area (Å²) in [4.78, 5) is 27.9. The molecule has 25 heavy (non-hydrogen) atoms. The van der Waals surface area contributed by atoms with Crippen molar-refractivity contribution in [1.29, 1.82) is 0 Å². The highest BCUT2D eigenvalue weighted by Gasteiger charge is 2.11. The summed E-state index contributed by atoms with van der Waals surface area (Å²) in [6.07, 6.45) is 3.09. The maximum Gasteiger partial charge on any atom is 0.277 e. The Morgan fingerprint density at radius 2 is 1.76 bits per heavy atom. The van der Waals surface area contributed by atoms with E-state index in [0.29, 0.717) is 24.5 Å². The third-order valence-electron chi connectivity index (χ3n) is 3.33. The number of hydrogen-bond donors (Lipinski definition) is 2. The molecule has 0 aliphatic heterocycles. The van der Waals surface area contributed by atoms with Crippen LogP contribution >= 0.6 is 0 Å². The van der Waals surface area contributed by atoms with Crippen LogP contribution in [0.3, 0.4) is 0 Å². The van der Waals surface area contributed by atoms with Crippen LogP contribution in [0.1, 0.15) is 21.0 Å². The molecule has 0 saturated heterocycles. The zero-order chi connectivity index (χ0) is 17.5. The molecule has 0 spiro atoms. The molecule has 2 heterocycles. The van der Waals surface area contributed by atoms with Gasteiger partial charge in [0, 0.05) is 18.4 Å². The van der Waals surface area contributed by atoms with E-state index in [4.69, 9.17) is 0 Å². The average Bonchev–Trinajstić information content (AvgIpc) is 3.12. The second-order valence-corrected chi connectivity index (χ2v) is 5.16. The lowest BCUT2D eigenvalue weighted by Gasteiger charge is -2.04. The number of rotatable bonds is 6. The minimum absolute atomic E-state index is 0.208. The zero-order valence-electron chi connectivity index (χ0n) is 13.3. The molecule has 0 atom stereocenters. The zero-order valence-corrected chi connectivity index (χ0v) is 13.3. The Morgan fingerprint density at radius 3 is 2.52 bits per heavy atom. The number of amides is 2. The molecular weight excluding hydrogens is 320 g/mol. The highest BCUT2D eigenvalue weighted by Crippen LogP contribution is 2.06. The molecule has 3 aromatic rings. The van der Waals surface area contributed by atoms with Gasteiger partial charge in [0.1, 0.15) is 5.69 Å². The summed E-state index contributed by atoms with van der Waals surface area (Å²) < 4.78 is 1.50. The number of carbonyl (C=O) groups excluding carboxylic acids is 2. The average molecular weight is 336 g/mol. The van der Waals surface area contributed by atoms with Gasteiger partial charge >= 0.3 is 0 Å². The first-order chi connectivity index (χ1) is 12.2. The summed E-state index contributed by atoms with van der Waals surface area (Å²) in [5.74, 6) is -0.599. The SMILES string of the molecule is O=C(NCCn1cc(C(=O)Nc2ccccc2)nn1)c1ccccn1. The van der Waals surface area contributed by atoms with E-state index in [1.165, 1.54) is 10.9 Å². The van der Waals surface area contributed by atoms with Gasteiger partial charge in [0.15, 0.2) is 5.69 Å². The van der Waals surface area contributed by atoms with E-state index in [9.17, 15) is 9.59 Å². The number of hydrogen-bond acceptors (Lipinski definition) is 5. The Morgan fingerprint density at radius 1 is 0.960 bits per heavy atom. The first-order valence-electron chi connectivity index (χ1n) is 7.68. The fourth-order valence-corrected chi connectivity index (χ4v) is 2.10. The topological polar surface area (TPSA) is 102 Å². The summed E-state index contributed by atoms with van der Waals surface area (Å²) >= 11 is 0. The molecule has 1 aromatic carbocycles. The Kier molecular flexibility index (Phi) is 5.10. The molecular formula is C17H16N6O2. The van der Waals surface area contributed by atoms with Crippen molar-refractivity contribution >= 4 is 17.5 Å². The molecule has 8 heteroatoms. The number of pyridine rings is 1. The summed E-state index contributed by atoms with van der Waals surface area (Å²) in [5, 5.41) is 13.2. The predicted molar refractivity (Wildman–Crippen MR) is 91.0 cm³/mol. The van der Waals surface area contributed by atoms with E-state index >= 15 is 0 Å². The van der Waals surface area contributed by atoms with Crippen LogP contribution in [0, 0.1) is 0 Å². The molecule has 0 bridgehead atoms. The van der Waals surface area contributed by atoms with Crippen molar-refractivity contribution in [2.75, 3.05) is 11.9 Å². The number of nitrogens with zero attached hydrogens (tertiary/aromatic N) is 4. The van der Waals surface area contributed by atoms with Crippen molar-refractivity contribution in [1.82, 2.24) is 25.3 Å². The van der Waals surface area contributed by atoms with Crippen LogP contribution in [0.25, 0.3) is 0 Å². The predicted octanol–water partition coefficient (Wildman–Crippen LogP) is 1.36. The molecule has 3 rings (SSSR count). The van der Waals surface area contributed by atoms with Gasteiger partial charge in [0.2, 0.25) is 0 Å². The number of nitrogens with one attached hydrogen (secondary N) is 2. The third-order valence-corrected chi connectivity index (χ3v) is 3.33. The second-order valence-electron chi connectivity index (χ2n) is 5.16. The van der Waals surface area contributed by atoms with Crippen molar-refractivity contribution < 1.29 is 9.59 Å². The van der Waals surface area contributed by atoms with Gasteiger partial charge in [-0.2, -0.15) is 0 Å². The molecule has 8 nitrogen and oxygen atoms in total. The number of para-hydroxylation sites is 1. The standard InChI is InChI=1S/C17H16N6O2/c24-16(14-8-4-5-9-18-14)19-10-11-23-12-15(21-22-23)17(25)20-13-6-2-1-3-7-13/h1-9,12H,10-11H2,(H,19,24)(H,20,25). The molecule has 0 saturated carbocycles. The van der Waals surface area contributed by atoms with E-state index in [1.807, 2.05) is 18.2 Å². The normalized spacial score (nSPS) is 10.2. The molecule has 0 aliphatic carbocycles. The number of anilines is 1. The third kappa shape index (κ3) is 4.47. The van der Waals surface area contributed by atoms with Crippen LogP contribution in [0.2, 0.25) is 0 Å². The molecule has 0 unspecified atom stereocenters. The molecule has 0 aliphatic rings. The lowest BCUT2D eigenvalue weighted by atomic mass is 10.3. The summed E-state index contributed by atoms with van der Waals surface area (Å²) in [7, 11) is 0. The molecule has 126 valence electrons. The second kappa shape index (κ2) is 7.82. The van der Waals surface area contributed by atoms with Crippen molar-refractivity contribution in [3.63, 3.8) is 0 Å². The lowest BCUT2D eigenvalue weighted by molar-refractivity contribution is 0.0946.